The van der Waals surface area contributed by atoms with Crippen molar-refractivity contribution in [2.45, 2.75) is 40.2 Å². The predicted octanol–water partition coefficient (Wildman–Crippen LogP) is 2.79. The van der Waals surface area contributed by atoms with Crippen LogP contribution in [0.15, 0.2) is 0 Å². The Labute approximate surface area is 119 Å². The molecule has 0 spiro atoms. The number of nitrogens with zero attached hydrogens (tertiary/aromatic N) is 4. The second-order valence-electron chi connectivity index (χ2n) is 5.54. The quantitative estimate of drug-likeness (QED) is 0.854. The molecule has 0 aromatic carbocycles. The van der Waals surface area contributed by atoms with E-state index in [-0.39, 0.29) is 11.4 Å². The van der Waals surface area contributed by atoms with E-state index in [2.05, 4.69) is 33.7 Å². The Kier molecular flexibility index (Phi) is 4.45. The summed E-state index contributed by atoms with van der Waals surface area (Å²) in [4.78, 5) is 14.7. The monoisotopic (exact) mass is 284 g/mol. The van der Waals surface area contributed by atoms with Crippen molar-refractivity contribution < 1.29 is 4.74 Å². The predicted molar refractivity (Wildman–Crippen MR) is 75.8 cm³/mol. The molecule has 1 aromatic rings. The van der Waals surface area contributed by atoms with E-state index in [9.17, 15) is 0 Å². The van der Waals surface area contributed by atoms with Gasteiger partial charge in [0.2, 0.25) is 11.2 Å². The molecule has 5 nitrogen and oxygen atoms in total. The van der Waals surface area contributed by atoms with Crippen LogP contribution >= 0.6 is 11.6 Å². The lowest BCUT2D eigenvalue weighted by Crippen LogP contribution is -2.39. The van der Waals surface area contributed by atoms with Gasteiger partial charge >= 0.3 is 6.01 Å². The van der Waals surface area contributed by atoms with Gasteiger partial charge in [0, 0.05) is 13.1 Å². The fraction of sp³-hybridized carbons (Fsp3) is 0.769. The number of hydrogen-bond donors (Lipinski definition) is 0. The maximum Gasteiger partial charge on any atom is 0.322 e. The summed E-state index contributed by atoms with van der Waals surface area (Å²) in [6, 6.07) is 0.302. The van der Waals surface area contributed by atoms with Crippen molar-refractivity contribution in [2.24, 2.45) is 11.8 Å². The van der Waals surface area contributed by atoms with E-state index in [1.165, 1.54) is 0 Å². The fourth-order valence-electron chi connectivity index (χ4n) is 2.17. The van der Waals surface area contributed by atoms with Gasteiger partial charge in [-0.15, -0.1) is 0 Å². The van der Waals surface area contributed by atoms with Gasteiger partial charge in [-0.1, -0.05) is 13.8 Å². The Morgan fingerprint density at radius 2 is 1.95 bits per heavy atom. The highest BCUT2D eigenvalue weighted by Gasteiger charge is 2.25. The van der Waals surface area contributed by atoms with Gasteiger partial charge in [0.05, 0.1) is 6.10 Å². The van der Waals surface area contributed by atoms with Gasteiger partial charge < -0.3 is 9.64 Å². The summed E-state index contributed by atoms with van der Waals surface area (Å²) in [6.45, 7) is 10.3. The molecular weight excluding hydrogens is 264 g/mol. The minimum absolute atomic E-state index is 0.0200. The van der Waals surface area contributed by atoms with Crippen LogP contribution in [0, 0.1) is 11.8 Å². The molecule has 0 bridgehead atoms. The molecule has 6 heteroatoms. The molecule has 2 heterocycles. The van der Waals surface area contributed by atoms with Crippen LogP contribution < -0.4 is 9.64 Å². The normalized spacial score (nSPS) is 23.8. The summed E-state index contributed by atoms with van der Waals surface area (Å²) in [7, 11) is 0. The van der Waals surface area contributed by atoms with E-state index in [4.69, 9.17) is 16.3 Å². The van der Waals surface area contributed by atoms with E-state index in [1.54, 1.807) is 0 Å². The van der Waals surface area contributed by atoms with E-state index < -0.39 is 0 Å². The Hall–Kier alpha value is -1.10. The summed E-state index contributed by atoms with van der Waals surface area (Å²) in [5, 5.41) is 0.187. The van der Waals surface area contributed by atoms with E-state index in [1.807, 2.05) is 13.8 Å². The number of rotatable bonds is 3. The first kappa shape index (κ1) is 14.3. The van der Waals surface area contributed by atoms with Crippen LogP contribution in [0.5, 0.6) is 6.01 Å². The lowest BCUT2D eigenvalue weighted by molar-refractivity contribution is 0.221. The molecule has 19 heavy (non-hydrogen) atoms. The summed E-state index contributed by atoms with van der Waals surface area (Å²) in [5.74, 6) is 1.98. The SMILES string of the molecule is CC(C)Oc1nc(Cl)nc(N2CCC(C)C(C)C2)n1. The van der Waals surface area contributed by atoms with Crippen LogP contribution in [0.2, 0.25) is 5.28 Å². The molecular formula is C13H21ClN4O. The zero-order chi connectivity index (χ0) is 14.0. The second-order valence-corrected chi connectivity index (χ2v) is 5.88. The van der Waals surface area contributed by atoms with Gasteiger partial charge in [0.15, 0.2) is 0 Å². The summed E-state index contributed by atoms with van der Waals surface area (Å²) in [6.07, 6.45) is 1.16. The highest BCUT2D eigenvalue weighted by atomic mass is 35.5. The number of piperidine rings is 1. The van der Waals surface area contributed by atoms with Gasteiger partial charge in [-0.3, -0.25) is 0 Å². The topological polar surface area (TPSA) is 51.1 Å². The Morgan fingerprint density at radius 1 is 1.21 bits per heavy atom. The molecule has 0 saturated carbocycles. The molecule has 1 aliphatic rings. The van der Waals surface area contributed by atoms with Crippen LogP contribution in [0.1, 0.15) is 34.1 Å². The smallest absolute Gasteiger partial charge is 0.322 e. The molecule has 1 aliphatic heterocycles. The van der Waals surface area contributed by atoms with E-state index in [0.717, 1.165) is 25.4 Å². The first-order valence-electron chi connectivity index (χ1n) is 6.79. The van der Waals surface area contributed by atoms with E-state index >= 15 is 0 Å². The summed E-state index contributed by atoms with van der Waals surface area (Å²) < 4.78 is 5.50. The third-order valence-corrected chi connectivity index (χ3v) is 3.70. The Bertz CT molecular complexity index is 441. The highest BCUT2D eigenvalue weighted by molar-refractivity contribution is 6.28. The summed E-state index contributed by atoms with van der Waals surface area (Å²) >= 11 is 5.95. The molecule has 1 aromatic heterocycles. The Balaban J connectivity index is 2.17. The van der Waals surface area contributed by atoms with Crippen LogP contribution in [-0.4, -0.2) is 34.1 Å². The maximum atomic E-state index is 5.95. The number of halogens is 1. The van der Waals surface area contributed by atoms with Gasteiger partial charge in [-0.05, 0) is 43.7 Å². The third-order valence-electron chi connectivity index (χ3n) is 3.53. The van der Waals surface area contributed by atoms with Crippen LogP contribution in [0.25, 0.3) is 0 Å². The van der Waals surface area contributed by atoms with E-state index in [0.29, 0.717) is 17.9 Å². The molecule has 1 saturated heterocycles. The van der Waals surface area contributed by atoms with Gasteiger partial charge in [0.1, 0.15) is 0 Å². The molecule has 0 N–H and O–H groups in total. The summed E-state index contributed by atoms with van der Waals surface area (Å²) in [5.41, 5.74) is 0. The van der Waals surface area contributed by atoms with Crippen molar-refractivity contribution in [3.63, 3.8) is 0 Å². The van der Waals surface area contributed by atoms with Crippen LogP contribution in [-0.2, 0) is 0 Å². The molecule has 0 radical (unpaired) electrons. The van der Waals surface area contributed by atoms with Crippen LogP contribution in [0.3, 0.4) is 0 Å². The standard InChI is InChI=1S/C13H21ClN4O/c1-8(2)19-13-16-11(14)15-12(17-13)18-6-5-9(3)10(4)7-18/h8-10H,5-7H2,1-4H3. The molecule has 0 aliphatic carbocycles. The molecule has 2 atom stereocenters. The highest BCUT2D eigenvalue weighted by Crippen LogP contribution is 2.26. The van der Waals surface area contributed by atoms with Crippen molar-refractivity contribution in [3.8, 4) is 6.01 Å². The lowest BCUT2D eigenvalue weighted by Gasteiger charge is -2.35. The van der Waals surface area contributed by atoms with Gasteiger partial charge in [0.25, 0.3) is 0 Å². The first-order chi connectivity index (χ1) is 8.95. The fourth-order valence-corrected chi connectivity index (χ4v) is 2.32. The average Bonchev–Trinajstić information content (AvgIpc) is 2.31. The van der Waals surface area contributed by atoms with Gasteiger partial charge in [-0.25, -0.2) is 0 Å². The van der Waals surface area contributed by atoms with Gasteiger partial charge in [-0.2, -0.15) is 15.0 Å². The van der Waals surface area contributed by atoms with Crippen LogP contribution in [0.4, 0.5) is 5.95 Å². The average molecular weight is 285 g/mol. The second kappa shape index (κ2) is 5.90. The van der Waals surface area contributed by atoms with Crippen molar-refractivity contribution in [2.75, 3.05) is 18.0 Å². The number of anilines is 1. The third kappa shape index (κ3) is 3.69. The van der Waals surface area contributed by atoms with Crippen molar-refractivity contribution >= 4 is 17.5 Å². The number of aromatic nitrogens is 3. The largest absolute Gasteiger partial charge is 0.461 e. The number of ether oxygens (including phenoxy) is 1. The zero-order valence-corrected chi connectivity index (χ0v) is 12.7. The minimum atomic E-state index is 0.0200. The minimum Gasteiger partial charge on any atom is -0.461 e. The molecule has 0 amide bonds. The molecule has 106 valence electrons. The number of hydrogen-bond acceptors (Lipinski definition) is 5. The molecule has 2 rings (SSSR count). The Morgan fingerprint density at radius 3 is 2.58 bits per heavy atom. The van der Waals surface area contributed by atoms with Crippen molar-refractivity contribution in [3.05, 3.63) is 5.28 Å². The molecule has 2 unspecified atom stereocenters. The molecule has 1 fully saturated rings. The first-order valence-corrected chi connectivity index (χ1v) is 7.16. The maximum absolute atomic E-state index is 5.95. The van der Waals surface area contributed by atoms with Crippen molar-refractivity contribution in [1.29, 1.82) is 0 Å². The lowest BCUT2D eigenvalue weighted by atomic mass is 9.89. The zero-order valence-electron chi connectivity index (χ0n) is 11.9. The van der Waals surface area contributed by atoms with Crippen molar-refractivity contribution in [1.82, 2.24) is 15.0 Å².